The van der Waals surface area contributed by atoms with E-state index >= 15 is 0 Å². The van der Waals surface area contributed by atoms with Crippen molar-refractivity contribution in [1.82, 2.24) is 0 Å². The lowest BCUT2D eigenvalue weighted by Crippen LogP contribution is -2.35. The van der Waals surface area contributed by atoms with Crippen LogP contribution in [-0.4, -0.2) is 25.3 Å². The van der Waals surface area contributed by atoms with Gasteiger partial charge in [0, 0.05) is 35.8 Å². The Kier molecular flexibility index (Phi) is 4.43. The van der Waals surface area contributed by atoms with Crippen LogP contribution in [0.15, 0.2) is 18.2 Å². The van der Waals surface area contributed by atoms with Crippen LogP contribution in [0.2, 0.25) is 5.02 Å². The molecular formula is C14H17ClN2O2. The minimum atomic E-state index is -0.241. The number of amides is 1. The minimum Gasteiger partial charge on any atom is -0.371 e. The van der Waals surface area contributed by atoms with Gasteiger partial charge >= 0.3 is 0 Å². The number of primary amides is 1. The minimum absolute atomic E-state index is 0.241. The van der Waals surface area contributed by atoms with Crippen LogP contribution in [-0.2, 0) is 4.79 Å². The van der Waals surface area contributed by atoms with E-state index in [2.05, 4.69) is 4.90 Å². The number of rotatable bonds is 4. The van der Waals surface area contributed by atoms with Crippen molar-refractivity contribution in [3.63, 3.8) is 0 Å². The van der Waals surface area contributed by atoms with Crippen molar-refractivity contribution in [3.8, 4) is 0 Å². The van der Waals surface area contributed by atoms with E-state index in [9.17, 15) is 9.59 Å². The van der Waals surface area contributed by atoms with Crippen molar-refractivity contribution < 1.29 is 9.59 Å². The van der Waals surface area contributed by atoms with Crippen molar-refractivity contribution in [3.05, 3.63) is 28.8 Å². The molecule has 1 amide bonds. The number of halogens is 1. The summed E-state index contributed by atoms with van der Waals surface area (Å²) in [5.74, 6) is 0.113. The Labute approximate surface area is 117 Å². The van der Waals surface area contributed by atoms with Gasteiger partial charge in [-0.25, -0.2) is 0 Å². The maximum absolute atomic E-state index is 11.1. The highest BCUT2D eigenvalue weighted by Crippen LogP contribution is 2.29. The zero-order chi connectivity index (χ0) is 13.8. The van der Waals surface area contributed by atoms with Gasteiger partial charge in [-0.2, -0.15) is 0 Å². The summed E-state index contributed by atoms with van der Waals surface area (Å²) in [5, 5.41) is 0.625. The standard InChI is InChI=1S/C14H17ClN2O2/c15-12-2-1-11(9-18)13(8-12)17-5-3-10(4-6-17)7-14(16)19/h1-2,8-10H,3-7H2,(H2,16,19). The van der Waals surface area contributed by atoms with E-state index in [0.717, 1.165) is 37.9 Å². The van der Waals surface area contributed by atoms with Crippen LogP contribution in [0.1, 0.15) is 29.6 Å². The molecule has 2 N–H and O–H groups in total. The van der Waals surface area contributed by atoms with Gasteiger partial charge in [0.25, 0.3) is 0 Å². The second kappa shape index (κ2) is 6.06. The van der Waals surface area contributed by atoms with E-state index in [1.807, 2.05) is 6.07 Å². The van der Waals surface area contributed by atoms with Crippen LogP contribution in [0.5, 0.6) is 0 Å². The molecule has 0 aliphatic carbocycles. The van der Waals surface area contributed by atoms with E-state index in [-0.39, 0.29) is 5.91 Å². The monoisotopic (exact) mass is 280 g/mol. The van der Waals surface area contributed by atoms with Crippen LogP contribution in [0, 0.1) is 5.92 Å². The van der Waals surface area contributed by atoms with Gasteiger partial charge in [0.05, 0.1) is 0 Å². The molecule has 1 aromatic rings. The average Bonchev–Trinajstić information content (AvgIpc) is 2.39. The van der Waals surface area contributed by atoms with Gasteiger partial charge in [-0.05, 0) is 37.0 Å². The zero-order valence-corrected chi connectivity index (χ0v) is 11.4. The number of anilines is 1. The first-order valence-electron chi connectivity index (χ1n) is 6.38. The van der Waals surface area contributed by atoms with Gasteiger partial charge in [0.15, 0.2) is 6.29 Å². The van der Waals surface area contributed by atoms with E-state index < -0.39 is 0 Å². The van der Waals surface area contributed by atoms with Crippen LogP contribution >= 0.6 is 11.6 Å². The van der Waals surface area contributed by atoms with Gasteiger partial charge in [-0.15, -0.1) is 0 Å². The molecule has 19 heavy (non-hydrogen) atoms. The molecule has 0 aromatic heterocycles. The lowest BCUT2D eigenvalue weighted by molar-refractivity contribution is -0.119. The fourth-order valence-corrected chi connectivity index (χ4v) is 2.72. The molecule has 5 heteroatoms. The number of benzene rings is 1. The van der Waals surface area contributed by atoms with Crippen molar-refractivity contribution >= 4 is 29.5 Å². The van der Waals surface area contributed by atoms with E-state index in [1.54, 1.807) is 12.1 Å². The van der Waals surface area contributed by atoms with E-state index in [0.29, 0.717) is 22.9 Å². The highest BCUT2D eigenvalue weighted by molar-refractivity contribution is 6.31. The molecule has 0 atom stereocenters. The molecule has 0 radical (unpaired) electrons. The summed E-state index contributed by atoms with van der Waals surface area (Å²) in [6, 6.07) is 5.27. The Morgan fingerprint density at radius 1 is 1.42 bits per heavy atom. The number of hydrogen-bond donors (Lipinski definition) is 1. The van der Waals surface area contributed by atoms with Crippen molar-refractivity contribution in [2.75, 3.05) is 18.0 Å². The molecule has 1 saturated heterocycles. The fraction of sp³-hybridized carbons (Fsp3) is 0.429. The fourth-order valence-electron chi connectivity index (χ4n) is 2.55. The Balaban J connectivity index is 2.07. The van der Waals surface area contributed by atoms with E-state index in [4.69, 9.17) is 17.3 Å². The Bertz CT molecular complexity index is 482. The Hall–Kier alpha value is -1.55. The number of aldehydes is 1. The smallest absolute Gasteiger partial charge is 0.217 e. The largest absolute Gasteiger partial charge is 0.371 e. The highest BCUT2D eigenvalue weighted by Gasteiger charge is 2.22. The molecule has 2 rings (SSSR count). The molecule has 0 bridgehead atoms. The lowest BCUT2D eigenvalue weighted by atomic mass is 9.93. The predicted octanol–water partition coefficient (Wildman–Crippen LogP) is 2.24. The molecule has 1 heterocycles. The summed E-state index contributed by atoms with van der Waals surface area (Å²) < 4.78 is 0. The van der Waals surface area contributed by atoms with Crippen LogP contribution in [0.3, 0.4) is 0 Å². The average molecular weight is 281 g/mol. The highest BCUT2D eigenvalue weighted by atomic mass is 35.5. The summed E-state index contributed by atoms with van der Waals surface area (Å²) in [4.78, 5) is 24.1. The SMILES string of the molecule is NC(=O)CC1CCN(c2cc(Cl)ccc2C=O)CC1. The topological polar surface area (TPSA) is 63.4 Å². The van der Waals surface area contributed by atoms with Crippen molar-refractivity contribution in [2.45, 2.75) is 19.3 Å². The van der Waals surface area contributed by atoms with Crippen LogP contribution < -0.4 is 10.6 Å². The Morgan fingerprint density at radius 2 is 2.11 bits per heavy atom. The number of hydrogen-bond acceptors (Lipinski definition) is 3. The molecule has 1 fully saturated rings. The first-order valence-corrected chi connectivity index (χ1v) is 6.76. The summed E-state index contributed by atoms with van der Waals surface area (Å²) in [6.45, 7) is 1.64. The number of nitrogens with zero attached hydrogens (tertiary/aromatic N) is 1. The molecule has 102 valence electrons. The molecule has 1 aliphatic heterocycles. The number of carbonyl (C=O) groups is 2. The van der Waals surface area contributed by atoms with Crippen LogP contribution in [0.4, 0.5) is 5.69 Å². The molecule has 0 spiro atoms. The lowest BCUT2D eigenvalue weighted by Gasteiger charge is -2.34. The first-order chi connectivity index (χ1) is 9.10. The normalized spacial score (nSPS) is 16.4. The Morgan fingerprint density at radius 3 is 2.68 bits per heavy atom. The van der Waals surface area contributed by atoms with Crippen molar-refractivity contribution in [2.24, 2.45) is 11.7 Å². The van der Waals surface area contributed by atoms with Gasteiger partial charge in [-0.3, -0.25) is 9.59 Å². The van der Waals surface area contributed by atoms with Gasteiger partial charge in [0.2, 0.25) is 5.91 Å². The molecule has 0 saturated carbocycles. The van der Waals surface area contributed by atoms with Gasteiger partial charge in [-0.1, -0.05) is 11.6 Å². The first kappa shape index (κ1) is 13.9. The molecule has 0 unspecified atom stereocenters. The summed E-state index contributed by atoms with van der Waals surface area (Å²) in [7, 11) is 0. The zero-order valence-electron chi connectivity index (χ0n) is 10.6. The third-order valence-corrected chi connectivity index (χ3v) is 3.80. The number of carbonyl (C=O) groups excluding carboxylic acids is 2. The summed E-state index contributed by atoms with van der Waals surface area (Å²) in [5.41, 5.74) is 6.74. The number of nitrogens with two attached hydrogens (primary N) is 1. The third kappa shape index (κ3) is 3.47. The second-order valence-corrected chi connectivity index (χ2v) is 5.36. The maximum atomic E-state index is 11.1. The molecule has 1 aliphatic rings. The van der Waals surface area contributed by atoms with Crippen molar-refractivity contribution in [1.29, 1.82) is 0 Å². The number of piperidine rings is 1. The quantitative estimate of drug-likeness (QED) is 0.861. The predicted molar refractivity (Wildman–Crippen MR) is 75.6 cm³/mol. The second-order valence-electron chi connectivity index (χ2n) is 4.92. The van der Waals surface area contributed by atoms with Crippen LogP contribution in [0.25, 0.3) is 0 Å². The summed E-state index contributed by atoms with van der Waals surface area (Å²) >= 11 is 5.99. The van der Waals surface area contributed by atoms with Gasteiger partial charge < -0.3 is 10.6 Å². The van der Waals surface area contributed by atoms with E-state index in [1.165, 1.54) is 0 Å². The van der Waals surface area contributed by atoms with Gasteiger partial charge in [0.1, 0.15) is 0 Å². The third-order valence-electron chi connectivity index (χ3n) is 3.56. The molecular weight excluding hydrogens is 264 g/mol. The molecule has 1 aromatic carbocycles. The maximum Gasteiger partial charge on any atom is 0.217 e. The summed E-state index contributed by atoms with van der Waals surface area (Å²) in [6.07, 6.45) is 3.12. The molecule has 4 nitrogen and oxygen atoms in total.